The molecule has 24 heavy (non-hydrogen) atoms. The molecule has 1 saturated carbocycles. The van der Waals surface area contributed by atoms with Crippen molar-refractivity contribution in [3.05, 3.63) is 32.2 Å². The summed E-state index contributed by atoms with van der Waals surface area (Å²) in [5.74, 6) is 0.817. The summed E-state index contributed by atoms with van der Waals surface area (Å²) < 4.78 is 6.77. The van der Waals surface area contributed by atoms with Gasteiger partial charge < -0.3 is 10.1 Å². The number of methoxy groups -OCH3 is 1. The molecule has 0 aromatic heterocycles. The standard InChI is InChI=1S/C18H20Br2N2O2/c1-11-5-3-4-6-16(11)22-18(23)13(10-21)7-12-8-14(19)17(24-2)15(20)9-12/h7-9,11,16H,3-6H2,1-2H3,(H,22,23)/b13-7+/t11-,16+/m1/s1. The minimum atomic E-state index is -0.306. The van der Waals surface area contributed by atoms with E-state index in [0.29, 0.717) is 11.7 Å². The largest absolute Gasteiger partial charge is 0.494 e. The predicted molar refractivity (Wildman–Crippen MR) is 102 cm³/mol. The van der Waals surface area contributed by atoms with Crippen molar-refractivity contribution in [2.24, 2.45) is 5.92 Å². The number of hydrogen-bond acceptors (Lipinski definition) is 3. The van der Waals surface area contributed by atoms with Crippen molar-refractivity contribution in [2.75, 3.05) is 7.11 Å². The van der Waals surface area contributed by atoms with Gasteiger partial charge in [0.15, 0.2) is 0 Å². The molecule has 1 aromatic rings. The van der Waals surface area contributed by atoms with Crippen LogP contribution >= 0.6 is 31.9 Å². The van der Waals surface area contributed by atoms with Gasteiger partial charge in [0.05, 0.1) is 16.1 Å². The molecule has 6 heteroatoms. The second kappa shape index (κ2) is 8.68. The van der Waals surface area contributed by atoms with Gasteiger partial charge in [0, 0.05) is 6.04 Å². The highest BCUT2D eigenvalue weighted by atomic mass is 79.9. The zero-order valence-corrected chi connectivity index (χ0v) is 16.9. The van der Waals surface area contributed by atoms with Crippen molar-refractivity contribution in [1.29, 1.82) is 5.26 Å². The molecule has 0 heterocycles. The number of nitrogens with zero attached hydrogens (tertiary/aromatic N) is 1. The fourth-order valence-electron chi connectivity index (χ4n) is 2.95. The molecule has 2 rings (SSSR count). The van der Waals surface area contributed by atoms with Crippen molar-refractivity contribution in [3.63, 3.8) is 0 Å². The average molecular weight is 456 g/mol. The van der Waals surface area contributed by atoms with E-state index in [1.165, 1.54) is 6.42 Å². The first-order chi connectivity index (χ1) is 11.5. The van der Waals surface area contributed by atoms with E-state index in [-0.39, 0.29) is 17.5 Å². The minimum Gasteiger partial charge on any atom is -0.494 e. The van der Waals surface area contributed by atoms with Crippen LogP contribution in [0.2, 0.25) is 0 Å². The number of halogens is 2. The topological polar surface area (TPSA) is 62.1 Å². The molecule has 1 N–H and O–H groups in total. The minimum absolute atomic E-state index is 0.108. The van der Waals surface area contributed by atoms with Crippen LogP contribution in [0.25, 0.3) is 6.08 Å². The van der Waals surface area contributed by atoms with Crippen LogP contribution in [0.5, 0.6) is 5.75 Å². The van der Waals surface area contributed by atoms with E-state index in [2.05, 4.69) is 44.1 Å². The molecule has 2 atom stereocenters. The lowest BCUT2D eigenvalue weighted by Crippen LogP contribution is -2.41. The van der Waals surface area contributed by atoms with Gasteiger partial charge in [-0.15, -0.1) is 0 Å². The van der Waals surface area contributed by atoms with Crippen LogP contribution in [0.15, 0.2) is 26.7 Å². The van der Waals surface area contributed by atoms with Crippen molar-refractivity contribution in [3.8, 4) is 11.8 Å². The van der Waals surface area contributed by atoms with E-state index >= 15 is 0 Å². The SMILES string of the molecule is COc1c(Br)cc(/C=C(\C#N)C(=O)N[C@H]2CCCC[C@H]2C)cc1Br. The summed E-state index contributed by atoms with van der Waals surface area (Å²) in [4.78, 5) is 12.4. The molecular formula is C18H20Br2N2O2. The van der Waals surface area contributed by atoms with Crippen LogP contribution in [0.3, 0.4) is 0 Å². The van der Waals surface area contributed by atoms with Gasteiger partial charge in [-0.05, 0) is 74.4 Å². The van der Waals surface area contributed by atoms with Crippen molar-refractivity contribution < 1.29 is 9.53 Å². The van der Waals surface area contributed by atoms with E-state index in [9.17, 15) is 10.1 Å². The Labute approximate surface area is 159 Å². The smallest absolute Gasteiger partial charge is 0.262 e. The first kappa shape index (κ1) is 19.0. The second-order valence-corrected chi connectivity index (χ2v) is 7.74. The molecule has 0 spiro atoms. The molecule has 0 saturated heterocycles. The Bertz CT molecular complexity index is 672. The van der Waals surface area contributed by atoms with Crippen LogP contribution < -0.4 is 10.1 Å². The molecule has 1 fully saturated rings. The highest BCUT2D eigenvalue weighted by Crippen LogP contribution is 2.35. The Morgan fingerprint density at radius 1 is 1.33 bits per heavy atom. The second-order valence-electron chi connectivity index (χ2n) is 6.03. The lowest BCUT2D eigenvalue weighted by molar-refractivity contribution is -0.118. The van der Waals surface area contributed by atoms with E-state index in [0.717, 1.165) is 33.8 Å². The zero-order chi connectivity index (χ0) is 17.7. The molecule has 1 aromatic carbocycles. The maximum absolute atomic E-state index is 12.4. The fourth-order valence-corrected chi connectivity index (χ4v) is 4.50. The van der Waals surface area contributed by atoms with Crippen molar-refractivity contribution >= 4 is 43.8 Å². The Morgan fingerprint density at radius 2 is 1.96 bits per heavy atom. The molecule has 1 aliphatic carbocycles. The lowest BCUT2D eigenvalue weighted by atomic mass is 9.86. The van der Waals surface area contributed by atoms with E-state index in [1.807, 2.05) is 18.2 Å². The molecular weight excluding hydrogens is 436 g/mol. The predicted octanol–water partition coefficient (Wildman–Crippen LogP) is 4.82. The number of amides is 1. The van der Waals surface area contributed by atoms with Gasteiger partial charge in [-0.3, -0.25) is 4.79 Å². The third-order valence-corrected chi connectivity index (χ3v) is 5.51. The molecule has 0 bridgehead atoms. The Morgan fingerprint density at radius 3 is 2.50 bits per heavy atom. The third-order valence-electron chi connectivity index (χ3n) is 4.33. The summed E-state index contributed by atoms with van der Waals surface area (Å²) in [5, 5.41) is 12.4. The summed E-state index contributed by atoms with van der Waals surface area (Å²) in [6.07, 6.45) is 6.03. The van der Waals surface area contributed by atoms with E-state index in [4.69, 9.17) is 4.74 Å². The number of nitrogens with one attached hydrogen (secondary N) is 1. The molecule has 1 aliphatic rings. The number of ether oxygens (including phenoxy) is 1. The first-order valence-electron chi connectivity index (χ1n) is 7.92. The highest BCUT2D eigenvalue weighted by Gasteiger charge is 2.24. The number of rotatable bonds is 4. The molecule has 0 aliphatic heterocycles. The van der Waals surface area contributed by atoms with Crippen LogP contribution in [0, 0.1) is 17.2 Å². The molecule has 1 amide bonds. The average Bonchev–Trinajstić information content (AvgIpc) is 2.54. The Hall–Kier alpha value is -1.32. The lowest BCUT2D eigenvalue weighted by Gasteiger charge is -2.29. The molecule has 0 radical (unpaired) electrons. The van der Waals surface area contributed by atoms with Gasteiger partial charge >= 0.3 is 0 Å². The van der Waals surface area contributed by atoms with Crippen LogP contribution in [0.4, 0.5) is 0 Å². The monoisotopic (exact) mass is 454 g/mol. The maximum Gasteiger partial charge on any atom is 0.262 e. The number of hydrogen-bond donors (Lipinski definition) is 1. The van der Waals surface area contributed by atoms with Gasteiger partial charge in [-0.1, -0.05) is 19.8 Å². The summed E-state index contributed by atoms with van der Waals surface area (Å²) in [7, 11) is 1.58. The number of carbonyl (C=O) groups is 1. The fraction of sp³-hybridized carbons (Fsp3) is 0.444. The highest BCUT2D eigenvalue weighted by molar-refractivity contribution is 9.11. The third kappa shape index (κ3) is 4.61. The summed E-state index contributed by atoms with van der Waals surface area (Å²) in [6, 6.07) is 5.79. The number of nitriles is 1. The van der Waals surface area contributed by atoms with Gasteiger partial charge in [-0.2, -0.15) is 5.26 Å². The van der Waals surface area contributed by atoms with Crippen molar-refractivity contribution in [2.45, 2.75) is 38.6 Å². The summed E-state index contributed by atoms with van der Waals surface area (Å²) in [6.45, 7) is 2.15. The first-order valence-corrected chi connectivity index (χ1v) is 9.50. The molecule has 128 valence electrons. The maximum atomic E-state index is 12.4. The Balaban J connectivity index is 2.19. The van der Waals surface area contributed by atoms with Gasteiger partial charge in [-0.25, -0.2) is 0 Å². The van der Waals surface area contributed by atoms with E-state index in [1.54, 1.807) is 13.2 Å². The number of carbonyl (C=O) groups excluding carboxylic acids is 1. The normalized spacial score (nSPS) is 21.0. The molecule has 0 unspecified atom stereocenters. The van der Waals surface area contributed by atoms with Gasteiger partial charge in [0.2, 0.25) is 0 Å². The van der Waals surface area contributed by atoms with Crippen LogP contribution in [-0.4, -0.2) is 19.1 Å². The van der Waals surface area contributed by atoms with Crippen molar-refractivity contribution in [1.82, 2.24) is 5.32 Å². The van der Waals surface area contributed by atoms with Gasteiger partial charge in [0.25, 0.3) is 5.91 Å². The molecule has 4 nitrogen and oxygen atoms in total. The summed E-state index contributed by atoms with van der Waals surface area (Å²) in [5.41, 5.74) is 0.856. The van der Waals surface area contributed by atoms with E-state index < -0.39 is 0 Å². The summed E-state index contributed by atoms with van der Waals surface area (Å²) >= 11 is 6.85. The Kier molecular flexibility index (Phi) is 6.88. The zero-order valence-electron chi connectivity index (χ0n) is 13.7. The quantitative estimate of drug-likeness (QED) is 0.522. The van der Waals surface area contributed by atoms with Crippen LogP contribution in [-0.2, 0) is 4.79 Å². The van der Waals surface area contributed by atoms with Gasteiger partial charge in [0.1, 0.15) is 17.4 Å². The van der Waals surface area contributed by atoms with Crippen LogP contribution in [0.1, 0.15) is 38.2 Å². The number of benzene rings is 1.